The van der Waals surface area contributed by atoms with Gasteiger partial charge in [-0.25, -0.2) is 4.79 Å². The van der Waals surface area contributed by atoms with Crippen molar-refractivity contribution in [2.45, 2.75) is 25.2 Å². The van der Waals surface area contributed by atoms with Crippen LogP contribution in [0.15, 0.2) is 30.3 Å². The van der Waals surface area contributed by atoms with Gasteiger partial charge in [-0.15, -0.1) is 0 Å². The molecule has 138 valence electrons. The number of carbonyl (C=O) groups excluding carboxylic acids is 1. The molecule has 2 fully saturated rings. The molecule has 0 unspecified atom stereocenters. The fourth-order valence-corrected chi connectivity index (χ4v) is 4.44. The molecule has 0 bridgehead atoms. The Kier molecular flexibility index (Phi) is 5.97. The topological polar surface area (TPSA) is 42.0 Å². The van der Waals surface area contributed by atoms with Gasteiger partial charge < -0.3 is 19.3 Å². The van der Waals surface area contributed by atoms with Crippen molar-refractivity contribution >= 4 is 6.09 Å². The summed E-state index contributed by atoms with van der Waals surface area (Å²) < 4.78 is 10.2. The number of carbonyl (C=O) groups is 1. The molecule has 1 atom stereocenters. The van der Waals surface area contributed by atoms with Crippen LogP contribution in [0.2, 0.25) is 0 Å². The molecule has 1 aromatic carbocycles. The fourth-order valence-electron chi connectivity index (χ4n) is 4.44. The number of benzene rings is 1. The Morgan fingerprint density at radius 2 is 1.92 bits per heavy atom. The van der Waals surface area contributed by atoms with Crippen molar-refractivity contribution in [2.24, 2.45) is 5.41 Å². The van der Waals surface area contributed by atoms with Gasteiger partial charge in [0.1, 0.15) is 6.61 Å². The number of likely N-dealkylation sites (N-methyl/N-ethyl adjacent to an activating group) is 1. The second kappa shape index (κ2) is 8.19. The Morgan fingerprint density at radius 1 is 1.20 bits per heavy atom. The zero-order valence-electron chi connectivity index (χ0n) is 15.4. The second-order valence-electron chi connectivity index (χ2n) is 7.60. The third-order valence-corrected chi connectivity index (χ3v) is 5.68. The lowest BCUT2D eigenvalue weighted by atomic mass is 9.68. The minimum Gasteiger partial charge on any atom is -0.447 e. The van der Waals surface area contributed by atoms with Crippen LogP contribution in [0.25, 0.3) is 0 Å². The maximum Gasteiger partial charge on any atom is 0.409 e. The van der Waals surface area contributed by atoms with Gasteiger partial charge in [-0.2, -0.15) is 0 Å². The molecule has 25 heavy (non-hydrogen) atoms. The highest BCUT2D eigenvalue weighted by atomic mass is 16.6. The monoisotopic (exact) mass is 346 g/mol. The maximum absolute atomic E-state index is 12.1. The largest absolute Gasteiger partial charge is 0.447 e. The van der Waals surface area contributed by atoms with Crippen LogP contribution in [0.5, 0.6) is 0 Å². The summed E-state index contributed by atoms with van der Waals surface area (Å²) in [7, 11) is 3.84. The van der Waals surface area contributed by atoms with Crippen molar-refractivity contribution in [1.29, 1.82) is 0 Å². The predicted molar refractivity (Wildman–Crippen MR) is 97.8 cm³/mol. The van der Waals surface area contributed by atoms with Crippen molar-refractivity contribution < 1.29 is 14.3 Å². The Bertz CT molecular complexity index is 555. The van der Waals surface area contributed by atoms with E-state index in [0.717, 1.165) is 39.0 Å². The fraction of sp³-hybridized carbons (Fsp3) is 0.650. The minimum atomic E-state index is -0.198. The van der Waals surface area contributed by atoms with Gasteiger partial charge in [-0.05, 0) is 43.2 Å². The molecule has 0 aromatic heterocycles. The minimum absolute atomic E-state index is 0.198. The molecule has 2 heterocycles. The summed E-state index contributed by atoms with van der Waals surface area (Å²) in [5, 5.41) is 0. The number of hydrogen-bond acceptors (Lipinski definition) is 4. The van der Waals surface area contributed by atoms with Gasteiger partial charge in [-0.3, -0.25) is 0 Å². The smallest absolute Gasteiger partial charge is 0.409 e. The van der Waals surface area contributed by atoms with E-state index in [1.54, 1.807) is 7.11 Å². The lowest BCUT2D eigenvalue weighted by Crippen LogP contribution is -2.51. The van der Waals surface area contributed by atoms with Gasteiger partial charge in [0.2, 0.25) is 0 Å². The van der Waals surface area contributed by atoms with E-state index in [0.29, 0.717) is 24.5 Å². The lowest BCUT2D eigenvalue weighted by molar-refractivity contribution is 0.0149. The average Bonchev–Trinajstić information content (AvgIpc) is 2.62. The summed E-state index contributed by atoms with van der Waals surface area (Å²) in [5.41, 5.74) is 1.76. The number of methoxy groups -OCH3 is 1. The number of nitrogens with zero attached hydrogens (tertiary/aromatic N) is 2. The van der Waals surface area contributed by atoms with E-state index in [-0.39, 0.29) is 6.09 Å². The predicted octanol–water partition coefficient (Wildman–Crippen LogP) is 2.97. The van der Waals surface area contributed by atoms with Crippen molar-refractivity contribution in [1.82, 2.24) is 9.80 Å². The van der Waals surface area contributed by atoms with Crippen molar-refractivity contribution in [3.63, 3.8) is 0 Å². The molecule has 3 rings (SSSR count). The number of rotatable bonds is 4. The van der Waals surface area contributed by atoms with Crippen LogP contribution < -0.4 is 0 Å². The first-order valence-corrected chi connectivity index (χ1v) is 9.26. The normalized spacial score (nSPS) is 23.6. The lowest BCUT2D eigenvalue weighted by Gasteiger charge is -2.49. The van der Waals surface area contributed by atoms with E-state index < -0.39 is 0 Å². The number of piperidine rings is 2. The molecular weight excluding hydrogens is 316 g/mol. The zero-order valence-corrected chi connectivity index (χ0v) is 15.4. The van der Waals surface area contributed by atoms with E-state index in [2.05, 4.69) is 42.3 Å². The molecule has 0 radical (unpaired) electrons. The molecule has 1 spiro atoms. The Labute approximate surface area is 150 Å². The van der Waals surface area contributed by atoms with E-state index in [4.69, 9.17) is 9.47 Å². The van der Waals surface area contributed by atoms with Crippen LogP contribution in [0.3, 0.4) is 0 Å². The second-order valence-corrected chi connectivity index (χ2v) is 7.60. The van der Waals surface area contributed by atoms with Gasteiger partial charge in [0.05, 0.1) is 6.61 Å². The molecule has 0 N–H and O–H groups in total. The van der Waals surface area contributed by atoms with E-state index in [1.807, 2.05) is 4.90 Å². The van der Waals surface area contributed by atoms with Crippen LogP contribution in [-0.4, -0.2) is 69.4 Å². The standard InChI is InChI=1S/C20H30N2O3/c1-21-15-18(17-6-4-3-5-7-17)14-20(16-21)8-10-22(11-9-20)19(23)25-13-12-24-2/h3-7,18H,8-16H2,1-2H3/t18-/m1/s1. The molecule has 2 aliphatic heterocycles. The summed E-state index contributed by atoms with van der Waals surface area (Å²) in [6.45, 7) is 4.61. The third kappa shape index (κ3) is 4.53. The molecule has 0 saturated carbocycles. The molecule has 1 aromatic rings. The van der Waals surface area contributed by atoms with Crippen molar-refractivity contribution in [2.75, 3.05) is 53.6 Å². The summed E-state index contributed by atoms with van der Waals surface area (Å²) in [5.74, 6) is 0.583. The number of amides is 1. The Morgan fingerprint density at radius 3 is 2.60 bits per heavy atom. The van der Waals surface area contributed by atoms with E-state index in [9.17, 15) is 4.79 Å². The molecule has 2 aliphatic rings. The van der Waals surface area contributed by atoms with Crippen molar-refractivity contribution in [3.8, 4) is 0 Å². The SMILES string of the molecule is COCCOC(=O)N1CCC2(CC1)C[C@@H](c1ccccc1)CN(C)C2. The van der Waals surface area contributed by atoms with Crippen LogP contribution in [0, 0.1) is 5.41 Å². The first-order chi connectivity index (χ1) is 12.1. The first-order valence-electron chi connectivity index (χ1n) is 9.26. The van der Waals surface area contributed by atoms with Crippen molar-refractivity contribution in [3.05, 3.63) is 35.9 Å². The summed E-state index contributed by atoms with van der Waals surface area (Å²) >= 11 is 0. The van der Waals surface area contributed by atoms with Crippen LogP contribution in [-0.2, 0) is 9.47 Å². The molecule has 0 aliphatic carbocycles. The zero-order chi connectivity index (χ0) is 17.7. The maximum atomic E-state index is 12.1. The molecular formula is C20H30N2O3. The number of hydrogen-bond donors (Lipinski definition) is 0. The molecule has 5 nitrogen and oxygen atoms in total. The molecule has 5 heteroatoms. The first kappa shape index (κ1) is 18.2. The van der Waals surface area contributed by atoms with Gasteiger partial charge in [0, 0.05) is 33.3 Å². The quantitative estimate of drug-likeness (QED) is 0.786. The average molecular weight is 346 g/mol. The summed E-state index contributed by atoms with van der Waals surface area (Å²) in [6.07, 6.45) is 3.13. The highest BCUT2D eigenvalue weighted by Gasteiger charge is 2.42. The summed E-state index contributed by atoms with van der Waals surface area (Å²) in [6, 6.07) is 10.9. The van der Waals surface area contributed by atoms with Gasteiger partial charge in [-0.1, -0.05) is 30.3 Å². The van der Waals surface area contributed by atoms with Crippen LogP contribution in [0.1, 0.15) is 30.7 Å². The highest BCUT2D eigenvalue weighted by molar-refractivity contribution is 5.67. The van der Waals surface area contributed by atoms with Gasteiger partial charge >= 0.3 is 6.09 Å². The van der Waals surface area contributed by atoms with E-state index in [1.165, 1.54) is 12.0 Å². The third-order valence-electron chi connectivity index (χ3n) is 5.68. The molecule has 2 saturated heterocycles. The van der Waals surface area contributed by atoms with Gasteiger partial charge in [0.25, 0.3) is 0 Å². The Hall–Kier alpha value is -1.59. The Balaban J connectivity index is 1.58. The summed E-state index contributed by atoms with van der Waals surface area (Å²) in [4.78, 5) is 16.5. The van der Waals surface area contributed by atoms with Crippen LogP contribution >= 0.6 is 0 Å². The van der Waals surface area contributed by atoms with E-state index >= 15 is 0 Å². The molecule has 1 amide bonds. The number of likely N-dealkylation sites (tertiary alicyclic amines) is 2. The van der Waals surface area contributed by atoms with Crippen LogP contribution in [0.4, 0.5) is 4.79 Å². The number of ether oxygens (including phenoxy) is 2. The highest BCUT2D eigenvalue weighted by Crippen LogP contribution is 2.44. The van der Waals surface area contributed by atoms with Gasteiger partial charge in [0.15, 0.2) is 0 Å².